The smallest absolute Gasteiger partial charge is 0.493 e. The first-order valence-electron chi connectivity index (χ1n) is 7.60. The van der Waals surface area contributed by atoms with E-state index >= 15 is 0 Å². The molecule has 0 aliphatic heterocycles. The zero-order valence-corrected chi connectivity index (χ0v) is 18.5. The molecule has 10 heteroatoms. The second kappa shape index (κ2) is 10.2. The second-order valence-corrected chi connectivity index (χ2v) is 5.36. The van der Waals surface area contributed by atoms with Gasteiger partial charge in [0.2, 0.25) is 5.75 Å². The summed E-state index contributed by atoms with van der Waals surface area (Å²) in [5, 5.41) is 12.4. The first-order chi connectivity index (χ1) is 12.3. The number of nitriles is 1. The summed E-state index contributed by atoms with van der Waals surface area (Å²) in [6, 6.07) is 8.98. The summed E-state index contributed by atoms with van der Waals surface area (Å²) in [5.41, 5.74) is 0.206. The van der Waals surface area contributed by atoms with Crippen LogP contribution >= 0.6 is 0 Å². The number of methoxy groups -OCH3 is 3. The minimum Gasteiger partial charge on any atom is -0.493 e. The molecule has 0 fully saturated rings. The Hall–Kier alpha value is -1.38. The molecular weight excluding hydrogens is 387 g/mol. The van der Waals surface area contributed by atoms with Crippen LogP contribution in [0.3, 0.4) is 0 Å². The van der Waals surface area contributed by atoms with Crippen LogP contribution in [0.2, 0.25) is 0 Å². The van der Waals surface area contributed by atoms with E-state index in [2.05, 4.69) is 11.4 Å². The van der Waals surface area contributed by atoms with E-state index in [0.717, 1.165) is 12.1 Å². The maximum atomic E-state index is 12.7. The minimum atomic E-state index is -5.06. The SMILES string of the molecule is COc1cc(C(C#N)Nc2ccc([B-](F)(F)F)cc2)cc(OC)c1OC.[K+]. The van der Waals surface area contributed by atoms with Crippen LogP contribution < -0.4 is 76.4 Å². The molecular formula is C17H17BF3KN2O3. The summed E-state index contributed by atoms with van der Waals surface area (Å²) >= 11 is 0. The number of anilines is 1. The molecule has 1 N–H and O–H groups in total. The molecule has 0 saturated carbocycles. The fourth-order valence-corrected chi connectivity index (χ4v) is 2.42. The molecule has 0 aliphatic carbocycles. The first-order valence-corrected chi connectivity index (χ1v) is 7.60. The Morgan fingerprint density at radius 1 is 0.963 bits per heavy atom. The predicted octanol–water partition coefficient (Wildman–Crippen LogP) is 0.448. The second-order valence-electron chi connectivity index (χ2n) is 5.36. The average molecular weight is 404 g/mol. The molecule has 0 heterocycles. The Labute approximate surface area is 198 Å². The summed E-state index contributed by atoms with van der Waals surface area (Å²) in [6.45, 7) is -5.06. The Morgan fingerprint density at radius 2 is 1.48 bits per heavy atom. The first kappa shape index (κ1) is 23.7. The molecule has 0 saturated heterocycles. The third-order valence-electron chi connectivity index (χ3n) is 3.75. The van der Waals surface area contributed by atoms with Crippen LogP contribution in [0.5, 0.6) is 17.2 Å². The summed E-state index contributed by atoms with van der Waals surface area (Å²) in [7, 11) is 4.37. The number of benzene rings is 2. The molecule has 5 nitrogen and oxygen atoms in total. The zero-order chi connectivity index (χ0) is 19.3. The van der Waals surface area contributed by atoms with E-state index in [-0.39, 0.29) is 51.4 Å². The molecule has 0 aliphatic rings. The van der Waals surface area contributed by atoms with Crippen LogP contribution in [0.25, 0.3) is 0 Å². The molecule has 0 spiro atoms. The maximum Gasteiger partial charge on any atom is 1.00 e. The number of hydrogen-bond donors (Lipinski definition) is 1. The Morgan fingerprint density at radius 3 is 1.85 bits per heavy atom. The minimum absolute atomic E-state index is 0. The summed E-state index contributed by atoms with van der Waals surface area (Å²) < 4.78 is 53.8. The van der Waals surface area contributed by atoms with Crippen LogP contribution in [-0.2, 0) is 0 Å². The van der Waals surface area contributed by atoms with Crippen molar-refractivity contribution < 1.29 is 78.5 Å². The van der Waals surface area contributed by atoms with Crippen LogP contribution in [0, 0.1) is 11.3 Å². The van der Waals surface area contributed by atoms with Gasteiger partial charge in [-0.25, -0.2) is 0 Å². The average Bonchev–Trinajstić information content (AvgIpc) is 2.64. The molecule has 138 valence electrons. The van der Waals surface area contributed by atoms with Gasteiger partial charge in [-0.1, -0.05) is 12.1 Å². The third kappa shape index (κ3) is 5.80. The topological polar surface area (TPSA) is 63.5 Å². The fraction of sp³-hybridized carbons (Fsp3) is 0.235. The van der Waals surface area contributed by atoms with Gasteiger partial charge in [-0.15, -0.1) is 5.46 Å². The van der Waals surface area contributed by atoms with Gasteiger partial charge in [0.25, 0.3) is 0 Å². The molecule has 0 amide bonds. The number of nitrogens with zero attached hydrogens (tertiary/aromatic N) is 1. The summed E-state index contributed by atoms with van der Waals surface area (Å²) in [4.78, 5) is 0. The van der Waals surface area contributed by atoms with Crippen molar-refractivity contribution in [2.24, 2.45) is 0 Å². The van der Waals surface area contributed by atoms with Gasteiger partial charge in [-0.3, -0.25) is 0 Å². The van der Waals surface area contributed by atoms with Gasteiger partial charge in [0.1, 0.15) is 6.04 Å². The molecule has 1 unspecified atom stereocenters. The number of rotatable bonds is 7. The standard InChI is InChI=1S/C17H17BF3N2O3.K/c1-24-15-8-11(9-16(25-2)17(15)26-3)14(10-22)23-13-6-4-12(5-7-13)18(19,20)21;/h4-9,14,23H,1-3H3;/q-1;+1. The van der Waals surface area contributed by atoms with E-state index in [9.17, 15) is 18.2 Å². The van der Waals surface area contributed by atoms with Gasteiger partial charge in [-0.2, -0.15) is 5.26 Å². The van der Waals surface area contributed by atoms with Gasteiger partial charge >= 0.3 is 58.4 Å². The van der Waals surface area contributed by atoms with Crippen molar-refractivity contribution in [1.82, 2.24) is 0 Å². The van der Waals surface area contributed by atoms with E-state index < -0.39 is 18.5 Å². The molecule has 27 heavy (non-hydrogen) atoms. The van der Waals surface area contributed by atoms with Crippen LogP contribution in [0.1, 0.15) is 11.6 Å². The van der Waals surface area contributed by atoms with Gasteiger partial charge in [0.15, 0.2) is 11.5 Å². The number of halogens is 3. The van der Waals surface area contributed by atoms with Crippen LogP contribution in [-0.4, -0.2) is 28.3 Å². The quantitative estimate of drug-likeness (QED) is 0.680. The molecule has 0 aromatic heterocycles. The van der Waals surface area contributed by atoms with Crippen molar-refractivity contribution in [2.45, 2.75) is 6.04 Å². The van der Waals surface area contributed by atoms with Crippen molar-refractivity contribution in [3.05, 3.63) is 42.0 Å². The normalized spacial score (nSPS) is 11.6. The Balaban J connectivity index is 0.00000364. The van der Waals surface area contributed by atoms with Gasteiger partial charge in [-0.05, 0) is 29.8 Å². The number of hydrogen-bond acceptors (Lipinski definition) is 5. The van der Waals surface area contributed by atoms with Crippen molar-refractivity contribution in [2.75, 3.05) is 26.6 Å². The fourth-order valence-electron chi connectivity index (χ4n) is 2.42. The molecule has 0 bridgehead atoms. The van der Waals surface area contributed by atoms with E-state index in [4.69, 9.17) is 14.2 Å². The molecule has 2 rings (SSSR count). The predicted molar refractivity (Wildman–Crippen MR) is 93.2 cm³/mol. The molecule has 2 aromatic carbocycles. The van der Waals surface area contributed by atoms with E-state index in [1.54, 1.807) is 12.1 Å². The molecule has 2 aromatic rings. The number of ether oxygens (including phenoxy) is 3. The van der Waals surface area contributed by atoms with Gasteiger partial charge < -0.3 is 32.5 Å². The third-order valence-corrected chi connectivity index (χ3v) is 3.75. The van der Waals surface area contributed by atoms with E-state index in [1.165, 1.54) is 33.5 Å². The molecule has 1 atom stereocenters. The summed E-state index contributed by atoms with van der Waals surface area (Å²) in [5.74, 6) is 1.13. The number of nitrogens with one attached hydrogen (secondary N) is 1. The zero-order valence-electron chi connectivity index (χ0n) is 15.4. The van der Waals surface area contributed by atoms with Gasteiger partial charge in [0.05, 0.1) is 27.4 Å². The van der Waals surface area contributed by atoms with Crippen molar-refractivity contribution in [3.8, 4) is 23.3 Å². The van der Waals surface area contributed by atoms with Crippen LogP contribution in [0.15, 0.2) is 36.4 Å². The Bertz CT molecular complexity index is 786. The Kier molecular flexibility index (Phi) is 8.98. The summed E-state index contributed by atoms with van der Waals surface area (Å²) in [6.07, 6.45) is 0. The van der Waals surface area contributed by atoms with Crippen LogP contribution in [0.4, 0.5) is 18.6 Å². The monoisotopic (exact) mass is 404 g/mol. The van der Waals surface area contributed by atoms with E-state index in [0.29, 0.717) is 28.5 Å². The molecule has 0 radical (unpaired) electrons. The van der Waals surface area contributed by atoms with Crippen molar-refractivity contribution in [1.29, 1.82) is 5.26 Å². The van der Waals surface area contributed by atoms with Crippen molar-refractivity contribution >= 4 is 18.1 Å². The van der Waals surface area contributed by atoms with E-state index in [1.807, 2.05) is 0 Å². The maximum absolute atomic E-state index is 12.7. The van der Waals surface area contributed by atoms with Gasteiger partial charge in [0, 0.05) is 5.69 Å². The largest absolute Gasteiger partial charge is 1.00 e. The van der Waals surface area contributed by atoms with Crippen molar-refractivity contribution in [3.63, 3.8) is 0 Å².